The summed E-state index contributed by atoms with van der Waals surface area (Å²) in [6.07, 6.45) is 1.84. The highest BCUT2D eigenvalue weighted by Crippen LogP contribution is 2.11. The quantitative estimate of drug-likeness (QED) is 0.806. The van der Waals surface area contributed by atoms with Gasteiger partial charge in [0.2, 0.25) is 0 Å². The average Bonchev–Trinajstić information content (AvgIpc) is 2.23. The molecule has 1 rings (SSSR count). The van der Waals surface area contributed by atoms with Crippen molar-refractivity contribution in [2.45, 2.75) is 12.8 Å². The highest BCUT2D eigenvalue weighted by molar-refractivity contribution is 6.30. The van der Waals surface area contributed by atoms with Crippen LogP contribution in [0.25, 0.3) is 0 Å². The molecular formula is C12H18ClNO. The van der Waals surface area contributed by atoms with Crippen molar-refractivity contribution in [1.82, 2.24) is 4.90 Å². The minimum atomic E-state index is 0.265. The van der Waals surface area contributed by atoms with E-state index >= 15 is 0 Å². The van der Waals surface area contributed by atoms with Crippen molar-refractivity contribution in [2.24, 2.45) is 0 Å². The van der Waals surface area contributed by atoms with E-state index < -0.39 is 0 Å². The van der Waals surface area contributed by atoms with Crippen molar-refractivity contribution in [1.29, 1.82) is 0 Å². The molecule has 0 radical (unpaired) electrons. The van der Waals surface area contributed by atoms with Crippen LogP contribution < -0.4 is 0 Å². The summed E-state index contributed by atoms with van der Waals surface area (Å²) < 4.78 is 0. The summed E-state index contributed by atoms with van der Waals surface area (Å²) in [5.74, 6) is 0. The van der Waals surface area contributed by atoms with E-state index in [0.29, 0.717) is 0 Å². The zero-order chi connectivity index (χ0) is 11.1. The summed E-state index contributed by atoms with van der Waals surface area (Å²) in [5.41, 5.74) is 1.26. The minimum Gasteiger partial charge on any atom is -0.396 e. The summed E-state index contributed by atoms with van der Waals surface area (Å²) in [7, 11) is 2.07. The van der Waals surface area contributed by atoms with E-state index in [-0.39, 0.29) is 6.61 Å². The van der Waals surface area contributed by atoms with Gasteiger partial charge in [-0.3, -0.25) is 0 Å². The van der Waals surface area contributed by atoms with Gasteiger partial charge >= 0.3 is 0 Å². The van der Waals surface area contributed by atoms with Crippen LogP contribution in [0.2, 0.25) is 5.02 Å². The number of likely N-dealkylation sites (N-methyl/N-ethyl adjacent to an activating group) is 1. The lowest BCUT2D eigenvalue weighted by Gasteiger charge is -2.15. The monoisotopic (exact) mass is 227 g/mol. The van der Waals surface area contributed by atoms with E-state index in [0.717, 1.165) is 31.0 Å². The third kappa shape index (κ3) is 5.17. The molecule has 0 aliphatic heterocycles. The van der Waals surface area contributed by atoms with Crippen LogP contribution in [0.5, 0.6) is 0 Å². The molecule has 0 aliphatic carbocycles. The molecule has 0 saturated carbocycles. The summed E-state index contributed by atoms with van der Waals surface area (Å²) >= 11 is 5.90. The van der Waals surface area contributed by atoms with Gasteiger partial charge in [-0.05, 0) is 37.6 Å². The molecule has 0 atom stereocenters. The van der Waals surface area contributed by atoms with E-state index in [9.17, 15) is 0 Å². The molecular weight excluding hydrogens is 210 g/mol. The van der Waals surface area contributed by atoms with Crippen molar-refractivity contribution < 1.29 is 5.11 Å². The Morgan fingerprint density at radius 2 is 2.13 bits per heavy atom. The summed E-state index contributed by atoms with van der Waals surface area (Å²) in [4.78, 5) is 2.22. The summed E-state index contributed by atoms with van der Waals surface area (Å²) in [6, 6.07) is 7.96. The van der Waals surface area contributed by atoms with Crippen molar-refractivity contribution in [3.8, 4) is 0 Å². The largest absolute Gasteiger partial charge is 0.396 e. The Kier molecular flexibility index (Phi) is 5.69. The second-order valence-corrected chi connectivity index (χ2v) is 4.20. The molecule has 0 heterocycles. The lowest BCUT2D eigenvalue weighted by Crippen LogP contribution is -2.23. The van der Waals surface area contributed by atoms with Gasteiger partial charge < -0.3 is 10.0 Å². The normalized spacial score (nSPS) is 10.9. The molecule has 0 fully saturated rings. The Hall–Kier alpha value is -0.570. The molecule has 0 unspecified atom stereocenters. The van der Waals surface area contributed by atoms with Gasteiger partial charge in [0.05, 0.1) is 0 Å². The Labute approximate surface area is 96.5 Å². The number of rotatable bonds is 6. The molecule has 0 bridgehead atoms. The fraction of sp³-hybridized carbons (Fsp3) is 0.500. The predicted octanol–water partition coefficient (Wildman–Crippen LogP) is 2.20. The number of aliphatic hydroxyl groups is 1. The fourth-order valence-corrected chi connectivity index (χ4v) is 1.68. The molecule has 0 spiro atoms. The molecule has 2 nitrogen and oxygen atoms in total. The zero-order valence-electron chi connectivity index (χ0n) is 9.12. The third-order valence-electron chi connectivity index (χ3n) is 2.37. The first kappa shape index (κ1) is 12.5. The maximum atomic E-state index is 8.69. The van der Waals surface area contributed by atoms with Crippen LogP contribution in [-0.2, 0) is 6.42 Å². The number of nitrogens with zero attached hydrogens (tertiary/aromatic N) is 1. The first-order chi connectivity index (χ1) is 7.22. The van der Waals surface area contributed by atoms with Crippen LogP contribution in [0.1, 0.15) is 12.0 Å². The van der Waals surface area contributed by atoms with Gasteiger partial charge in [0, 0.05) is 24.7 Å². The van der Waals surface area contributed by atoms with Crippen LogP contribution in [0.15, 0.2) is 24.3 Å². The van der Waals surface area contributed by atoms with Gasteiger partial charge in [-0.2, -0.15) is 0 Å². The number of benzene rings is 1. The van der Waals surface area contributed by atoms with Gasteiger partial charge in [0.25, 0.3) is 0 Å². The van der Waals surface area contributed by atoms with Gasteiger partial charge in [-0.15, -0.1) is 0 Å². The molecule has 1 N–H and O–H groups in total. The Balaban J connectivity index is 2.30. The third-order valence-corrected chi connectivity index (χ3v) is 2.60. The van der Waals surface area contributed by atoms with Gasteiger partial charge in [0.1, 0.15) is 0 Å². The second-order valence-electron chi connectivity index (χ2n) is 3.76. The van der Waals surface area contributed by atoms with Gasteiger partial charge in [-0.25, -0.2) is 0 Å². The Morgan fingerprint density at radius 3 is 2.80 bits per heavy atom. The summed E-state index contributed by atoms with van der Waals surface area (Å²) in [5, 5.41) is 9.49. The Morgan fingerprint density at radius 1 is 1.33 bits per heavy atom. The summed E-state index contributed by atoms with van der Waals surface area (Å²) in [6.45, 7) is 2.21. The molecule has 0 aliphatic rings. The lowest BCUT2D eigenvalue weighted by atomic mass is 10.1. The average molecular weight is 228 g/mol. The van der Waals surface area contributed by atoms with E-state index in [2.05, 4.69) is 18.0 Å². The van der Waals surface area contributed by atoms with E-state index in [1.807, 2.05) is 18.2 Å². The predicted molar refractivity (Wildman–Crippen MR) is 64.4 cm³/mol. The van der Waals surface area contributed by atoms with Crippen molar-refractivity contribution in [2.75, 3.05) is 26.7 Å². The number of hydrogen-bond donors (Lipinski definition) is 1. The number of hydrogen-bond acceptors (Lipinski definition) is 2. The van der Waals surface area contributed by atoms with Crippen molar-refractivity contribution in [3.63, 3.8) is 0 Å². The van der Waals surface area contributed by atoms with E-state index in [1.54, 1.807) is 0 Å². The zero-order valence-corrected chi connectivity index (χ0v) is 9.87. The van der Waals surface area contributed by atoms with Crippen molar-refractivity contribution in [3.05, 3.63) is 34.9 Å². The van der Waals surface area contributed by atoms with Crippen LogP contribution >= 0.6 is 11.6 Å². The van der Waals surface area contributed by atoms with Gasteiger partial charge in [-0.1, -0.05) is 23.7 Å². The van der Waals surface area contributed by atoms with Crippen LogP contribution in [0.3, 0.4) is 0 Å². The van der Waals surface area contributed by atoms with Crippen molar-refractivity contribution >= 4 is 11.6 Å². The van der Waals surface area contributed by atoms with Crippen LogP contribution in [0, 0.1) is 0 Å². The van der Waals surface area contributed by atoms with Gasteiger partial charge in [0.15, 0.2) is 0 Å². The molecule has 0 saturated heterocycles. The minimum absolute atomic E-state index is 0.265. The maximum Gasteiger partial charge on any atom is 0.0443 e. The van der Waals surface area contributed by atoms with E-state index in [4.69, 9.17) is 16.7 Å². The van der Waals surface area contributed by atoms with E-state index in [1.165, 1.54) is 5.56 Å². The molecule has 0 aromatic heterocycles. The molecule has 1 aromatic rings. The molecule has 3 heteroatoms. The highest BCUT2D eigenvalue weighted by Gasteiger charge is 1.99. The second kappa shape index (κ2) is 6.83. The first-order valence-corrected chi connectivity index (χ1v) is 5.64. The molecule has 84 valence electrons. The fourth-order valence-electron chi connectivity index (χ4n) is 1.46. The van der Waals surface area contributed by atoms with Crippen LogP contribution in [0.4, 0.5) is 0 Å². The lowest BCUT2D eigenvalue weighted by molar-refractivity contribution is 0.248. The smallest absolute Gasteiger partial charge is 0.0443 e. The highest BCUT2D eigenvalue weighted by atomic mass is 35.5. The number of aliphatic hydroxyl groups excluding tert-OH is 1. The molecule has 0 amide bonds. The number of halogens is 1. The van der Waals surface area contributed by atoms with Crippen LogP contribution in [-0.4, -0.2) is 36.8 Å². The standard InChI is InChI=1S/C12H18ClNO/c1-14(7-3-9-15)8-6-11-4-2-5-12(13)10-11/h2,4-5,10,15H,3,6-9H2,1H3. The first-order valence-electron chi connectivity index (χ1n) is 5.26. The topological polar surface area (TPSA) is 23.5 Å². The molecule has 15 heavy (non-hydrogen) atoms. The molecule has 1 aromatic carbocycles. The SMILES string of the molecule is CN(CCCO)CCc1cccc(Cl)c1. The maximum absolute atomic E-state index is 8.69. The Bertz CT molecular complexity index is 291.